The Hall–Kier alpha value is -2.23. The van der Waals surface area contributed by atoms with E-state index in [-0.39, 0.29) is 5.56 Å². The van der Waals surface area contributed by atoms with Gasteiger partial charge in [0.1, 0.15) is 12.0 Å². The second kappa shape index (κ2) is 4.96. The molecule has 0 spiro atoms. The number of aryl methyl sites for hydroxylation is 1. The summed E-state index contributed by atoms with van der Waals surface area (Å²) >= 11 is 0. The molecule has 1 aromatic carbocycles. The average molecular weight is 245 g/mol. The SMILES string of the molecule is Cc1cccc(N(C)Cc2cc(C(=O)O)co2)c1. The number of carboxylic acids is 1. The Morgan fingerprint density at radius 3 is 2.78 bits per heavy atom. The van der Waals surface area contributed by atoms with Crippen molar-refractivity contribution in [3.05, 3.63) is 53.5 Å². The van der Waals surface area contributed by atoms with Crippen LogP contribution in [0.5, 0.6) is 0 Å². The first-order chi connectivity index (χ1) is 8.56. The zero-order chi connectivity index (χ0) is 13.1. The van der Waals surface area contributed by atoms with Crippen molar-refractivity contribution in [1.29, 1.82) is 0 Å². The van der Waals surface area contributed by atoms with Gasteiger partial charge in [-0.3, -0.25) is 0 Å². The van der Waals surface area contributed by atoms with Gasteiger partial charge in [0, 0.05) is 12.7 Å². The topological polar surface area (TPSA) is 53.7 Å². The summed E-state index contributed by atoms with van der Waals surface area (Å²) in [6.07, 6.45) is 1.27. The van der Waals surface area contributed by atoms with Gasteiger partial charge in [0.25, 0.3) is 0 Å². The van der Waals surface area contributed by atoms with Gasteiger partial charge in [0.05, 0.1) is 12.1 Å². The van der Waals surface area contributed by atoms with Crippen molar-refractivity contribution in [2.24, 2.45) is 0 Å². The Balaban J connectivity index is 2.11. The predicted octanol–water partition coefficient (Wildman–Crippen LogP) is 2.92. The minimum atomic E-state index is -0.969. The summed E-state index contributed by atoms with van der Waals surface area (Å²) < 4.78 is 5.23. The fraction of sp³-hybridized carbons (Fsp3) is 0.214. The molecule has 0 bridgehead atoms. The van der Waals surface area contributed by atoms with Gasteiger partial charge in [-0.05, 0) is 30.7 Å². The number of aromatic carboxylic acids is 1. The Morgan fingerprint density at radius 1 is 1.39 bits per heavy atom. The van der Waals surface area contributed by atoms with Crippen LogP contribution in [0, 0.1) is 6.92 Å². The lowest BCUT2D eigenvalue weighted by atomic mass is 10.2. The minimum absolute atomic E-state index is 0.183. The maximum atomic E-state index is 10.7. The number of benzene rings is 1. The third kappa shape index (κ3) is 2.71. The van der Waals surface area contributed by atoms with E-state index in [1.807, 2.05) is 37.1 Å². The quantitative estimate of drug-likeness (QED) is 0.899. The van der Waals surface area contributed by atoms with E-state index < -0.39 is 5.97 Å². The molecule has 2 rings (SSSR count). The maximum absolute atomic E-state index is 10.7. The molecule has 1 aromatic heterocycles. The molecule has 1 heterocycles. The van der Waals surface area contributed by atoms with E-state index in [1.54, 1.807) is 6.07 Å². The molecule has 1 N–H and O–H groups in total. The monoisotopic (exact) mass is 245 g/mol. The lowest BCUT2D eigenvalue weighted by molar-refractivity contribution is 0.0696. The molecule has 0 fully saturated rings. The van der Waals surface area contributed by atoms with Gasteiger partial charge in [0.2, 0.25) is 0 Å². The van der Waals surface area contributed by atoms with Crippen LogP contribution < -0.4 is 4.90 Å². The van der Waals surface area contributed by atoms with Gasteiger partial charge in [-0.2, -0.15) is 0 Å². The van der Waals surface area contributed by atoms with Crippen LogP contribution in [-0.4, -0.2) is 18.1 Å². The van der Waals surface area contributed by atoms with Crippen LogP contribution in [0.15, 0.2) is 41.0 Å². The molecule has 0 aliphatic carbocycles. The molecule has 0 aliphatic heterocycles. The van der Waals surface area contributed by atoms with Crippen molar-refractivity contribution in [2.75, 3.05) is 11.9 Å². The number of furan rings is 1. The Labute approximate surface area is 105 Å². The highest BCUT2D eigenvalue weighted by molar-refractivity contribution is 5.87. The van der Waals surface area contributed by atoms with Crippen LogP contribution in [-0.2, 0) is 6.54 Å². The molecule has 18 heavy (non-hydrogen) atoms. The number of rotatable bonds is 4. The zero-order valence-corrected chi connectivity index (χ0v) is 10.4. The number of hydrogen-bond donors (Lipinski definition) is 1. The summed E-state index contributed by atoms with van der Waals surface area (Å²) in [4.78, 5) is 12.8. The van der Waals surface area contributed by atoms with Crippen molar-refractivity contribution in [3.8, 4) is 0 Å². The molecule has 0 aliphatic rings. The second-order valence-corrected chi connectivity index (χ2v) is 4.30. The van der Waals surface area contributed by atoms with Gasteiger partial charge >= 0.3 is 5.97 Å². The van der Waals surface area contributed by atoms with Gasteiger partial charge in [0.15, 0.2) is 0 Å². The highest BCUT2D eigenvalue weighted by Gasteiger charge is 2.10. The highest BCUT2D eigenvalue weighted by Crippen LogP contribution is 2.18. The molecule has 4 nitrogen and oxygen atoms in total. The lowest BCUT2D eigenvalue weighted by Gasteiger charge is -2.18. The van der Waals surface area contributed by atoms with E-state index in [4.69, 9.17) is 9.52 Å². The third-order valence-corrected chi connectivity index (χ3v) is 2.74. The summed E-state index contributed by atoms with van der Waals surface area (Å²) in [7, 11) is 1.94. The summed E-state index contributed by atoms with van der Waals surface area (Å²) in [5, 5.41) is 8.81. The molecule has 94 valence electrons. The van der Waals surface area contributed by atoms with Crippen LogP contribution in [0.1, 0.15) is 21.7 Å². The standard InChI is InChI=1S/C14H15NO3/c1-10-4-3-5-12(6-10)15(2)8-13-7-11(9-18-13)14(16)17/h3-7,9H,8H2,1-2H3,(H,16,17). The molecule has 2 aromatic rings. The van der Waals surface area contributed by atoms with E-state index in [1.165, 1.54) is 11.8 Å². The van der Waals surface area contributed by atoms with Crippen molar-refractivity contribution in [1.82, 2.24) is 0 Å². The predicted molar refractivity (Wildman–Crippen MR) is 69.0 cm³/mol. The largest absolute Gasteiger partial charge is 0.478 e. The lowest BCUT2D eigenvalue weighted by Crippen LogP contribution is -2.15. The minimum Gasteiger partial charge on any atom is -0.478 e. The number of hydrogen-bond acceptors (Lipinski definition) is 3. The molecule has 0 saturated heterocycles. The Morgan fingerprint density at radius 2 is 2.17 bits per heavy atom. The van der Waals surface area contributed by atoms with E-state index in [9.17, 15) is 4.79 Å². The van der Waals surface area contributed by atoms with Gasteiger partial charge in [-0.1, -0.05) is 12.1 Å². The molecule has 0 saturated carbocycles. The maximum Gasteiger partial charge on any atom is 0.338 e. The number of nitrogens with zero attached hydrogens (tertiary/aromatic N) is 1. The smallest absolute Gasteiger partial charge is 0.338 e. The summed E-state index contributed by atoms with van der Waals surface area (Å²) in [5.74, 6) is -0.334. The van der Waals surface area contributed by atoms with Crippen molar-refractivity contribution < 1.29 is 14.3 Å². The van der Waals surface area contributed by atoms with Gasteiger partial charge in [-0.25, -0.2) is 4.79 Å². The number of carbonyl (C=O) groups is 1. The fourth-order valence-corrected chi connectivity index (χ4v) is 1.77. The van der Waals surface area contributed by atoms with E-state index >= 15 is 0 Å². The molecule has 0 atom stereocenters. The third-order valence-electron chi connectivity index (χ3n) is 2.74. The van der Waals surface area contributed by atoms with Gasteiger partial charge < -0.3 is 14.4 Å². The summed E-state index contributed by atoms with van der Waals surface area (Å²) in [5.41, 5.74) is 2.44. The zero-order valence-electron chi connectivity index (χ0n) is 10.4. The molecule has 0 radical (unpaired) electrons. The normalized spacial score (nSPS) is 10.3. The highest BCUT2D eigenvalue weighted by atomic mass is 16.4. The van der Waals surface area contributed by atoms with E-state index in [2.05, 4.69) is 6.07 Å². The number of carboxylic acid groups (broad SMARTS) is 1. The van der Waals surface area contributed by atoms with Crippen molar-refractivity contribution >= 4 is 11.7 Å². The van der Waals surface area contributed by atoms with Gasteiger partial charge in [-0.15, -0.1) is 0 Å². The second-order valence-electron chi connectivity index (χ2n) is 4.30. The van der Waals surface area contributed by atoms with Crippen LogP contribution in [0.4, 0.5) is 5.69 Å². The molecule has 0 unspecified atom stereocenters. The van der Waals surface area contributed by atoms with Crippen molar-refractivity contribution in [3.63, 3.8) is 0 Å². The average Bonchev–Trinajstić information content (AvgIpc) is 2.77. The fourth-order valence-electron chi connectivity index (χ4n) is 1.77. The van der Waals surface area contributed by atoms with E-state index in [0.717, 1.165) is 5.69 Å². The Kier molecular flexibility index (Phi) is 3.37. The molecular formula is C14H15NO3. The summed E-state index contributed by atoms with van der Waals surface area (Å²) in [6.45, 7) is 2.57. The van der Waals surface area contributed by atoms with Crippen LogP contribution in [0.3, 0.4) is 0 Å². The Bertz CT molecular complexity index is 560. The van der Waals surface area contributed by atoms with Crippen LogP contribution >= 0.6 is 0 Å². The molecule has 0 amide bonds. The van der Waals surface area contributed by atoms with Crippen LogP contribution in [0.25, 0.3) is 0 Å². The molecule has 4 heteroatoms. The van der Waals surface area contributed by atoms with Crippen molar-refractivity contribution in [2.45, 2.75) is 13.5 Å². The summed E-state index contributed by atoms with van der Waals surface area (Å²) in [6, 6.07) is 9.66. The molecular weight excluding hydrogens is 230 g/mol. The van der Waals surface area contributed by atoms with Crippen LogP contribution in [0.2, 0.25) is 0 Å². The first-order valence-electron chi connectivity index (χ1n) is 5.65. The first kappa shape index (κ1) is 12.2. The first-order valence-corrected chi connectivity index (χ1v) is 5.65. The van der Waals surface area contributed by atoms with E-state index in [0.29, 0.717) is 12.3 Å². The number of anilines is 1.